The van der Waals surface area contributed by atoms with Gasteiger partial charge in [0.15, 0.2) is 15.0 Å². The van der Waals surface area contributed by atoms with Crippen LogP contribution in [0, 0.1) is 0 Å². The summed E-state index contributed by atoms with van der Waals surface area (Å²) >= 11 is 1.66. The summed E-state index contributed by atoms with van der Waals surface area (Å²) in [4.78, 5) is 7.93. The van der Waals surface area contributed by atoms with Gasteiger partial charge in [0.2, 0.25) is 0 Å². The highest BCUT2D eigenvalue weighted by atomic mass is 32.2. The molecule has 1 saturated heterocycles. The molecule has 1 aromatic heterocycles. The first kappa shape index (κ1) is 14.7. The summed E-state index contributed by atoms with van der Waals surface area (Å²) in [5, 5.41) is 4.08. The molecular weight excluding hydrogens is 282 g/mol. The Balaban J connectivity index is 2.17. The second kappa shape index (κ2) is 5.76. The summed E-state index contributed by atoms with van der Waals surface area (Å²) < 4.78 is 23.1. The molecule has 1 fully saturated rings. The molecule has 0 amide bonds. The number of sulfone groups is 1. The molecule has 1 atom stereocenters. The van der Waals surface area contributed by atoms with Crippen LogP contribution in [0.5, 0.6) is 0 Å². The first-order valence-electron chi connectivity index (χ1n) is 6.53. The van der Waals surface area contributed by atoms with E-state index in [1.54, 1.807) is 11.3 Å². The summed E-state index contributed by atoms with van der Waals surface area (Å²) in [5.74, 6) is 0.559. The largest absolute Gasteiger partial charge is 0.347 e. The molecular formula is C12H21N3O2S2. The lowest BCUT2D eigenvalue weighted by atomic mass is 10.2. The van der Waals surface area contributed by atoms with E-state index in [4.69, 9.17) is 0 Å². The maximum atomic E-state index is 11.6. The molecule has 0 spiro atoms. The van der Waals surface area contributed by atoms with Crippen molar-refractivity contribution in [3.05, 3.63) is 10.6 Å². The lowest BCUT2D eigenvalue weighted by Crippen LogP contribution is -2.32. The molecule has 108 valence electrons. The molecule has 1 unspecified atom stereocenters. The number of hydrogen-bond acceptors (Lipinski definition) is 6. The van der Waals surface area contributed by atoms with E-state index in [9.17, 15) is 8.42 Å². The minimum Gasteiger partial charge on any atom is -0.347 e. The molecule has 2 rings (SSSR count). The SMILES string of the molecule is CCc1nc(N(C)C2CCS(=O)(=O)C2)sc1CNC. The van der Waals surface area contributed by atoms with Gasteiger partial charge in [-0.25, -0.2) is 13.4 Å². The smallest absolute Gasteiger partial charge is 0.185 e. The number of aromatic nitrogens is 1. The molecule has 0 aliphatic carbocycles. The van der Waals surface area contributed by atoms with Crippen LogP contribution in [0.15, 0.2) is 0 Å². The maximum absolute atomic E-state index is 11.6. The fraction of sp³-hybridized carbons (Fsp3) is 0.750. The van der Waals surface area contributed by atoms with E-state index in [2.05, 4.69) is 17.2 Å². The molecule has 7 heteroatoms. The number of anilines is 1. The molecule has 2 heterocycles. The van der Waals surface area contributed by atoms with E-state index < -0.39 is 9.84 Å². The van der Waals surface area contributed by atoms with Gasteiger partial charge in [-0.15, -0.1) is 11.3 Å². The Bertz CT molecular complexity index is 539. The van der Waals surface area contributed by atoms with E-state index in [0.29, 0.717) is 12.2 Å². The van der Waals surface area contributed by atoms with Crippen molar-refractivity contribution in [1.82, 2.24) is 10.3 Å². The number of thiazole rings is 1. The van der Waals surface area contributed by atoms with Gasteiger partial charge in [-0.3, -0.25) is 0 Å². The minimum absolute atomic E-state index is 0.0725. The van der Waals surface area contributed by atoms with Crippen LogP contribution < -0.4 is 10.2 Å². The number of nitrogens with one attached hydrogen (secondary N) is 1. The van der Waals surface area contributed by atoms with Crippen LogP contribution in [0.25, 0.3) is 0 Å². The van der Waals surface area contributed by atoms with Crippen LogP contribution in [0.4, 0.5) is 5.13 Å². The molecule has 1 N–H and O–H groups in total. The average molecular weight is 303 g/mol. The fourth-order valence-corrected chi connectivity index (χ4v) is 5.30. The Morgan fingerprint density at radius 1 is 1.53 bits per heavy atom. The van der Waals surface area contributed by atoms with Gasteiger partial charge < -0.3 is 10.2 Å². The number of aryl methyl sites for hydroxylation is 1. The molecule has 0 bridgehead atoms. The molecule has 0 saturated carbocycles. The summed E-state index contributed by atoms with van der Waals surface area (Å²) in [6.45, 7) is 2.91. The fourth-order valence-electron chi connectivity index (χ4n) is 2.33. The van der Waals surface area contributed by atoms with Crippen LogP contribution >= 0.6 is 11.3 Å². The summed E-state index contributed by atoms with van der Waals surface area (Å²) in [6.07, 6.45) is 1.62. The van der Waals surface area contributed by atoms with E-state index in [1.165, 1.54) is 4.88 Å². The Labute approximate surface area is 119 Å². The highest BCUT2D eigenvalue weighted by Crippen LogP contribution is 2.29. The van der Waals surface area contributed by atoms with Gasteiger partial charge in [0.05, 0.1) is 17.2 Å². The normalized spacial score (nSPS) is 21.7. The summed E-state index contributed by atoms with van der Waals surface area (Å²) in [6, 6.07) is 0.0725. The van der Waals surface area contributed by atoms with Crippen molar-refractivity contribution < 1.29 is 8.42 Å². The first-order valence-corrected chi connectivity index (χ1v) is 9.17. The van der Waals surface area contributed by atoms with Crippen LogP contribution in [0.3, 0.4) is 0 Å². The number of rotatable bonds is 5. The van der Waals surface area contributed by atoms with Gasteiger partial charge in [0.1, 0.15) is 0 Å². The van der Waals surface area contributed by atoms with E-state index in [0.717, 1.165) is 23.8 Å². The van der Waals surface area contributed by atoms with Gasteiger partial charge >= 0.3 is 0 Å². The van der Waals surface area contributed by atoms with Gasteiger partial charge in [-0.1, -0.05) is 6.92 Å². The van der Waals surface area contributed by atoms with Crippen molar-refractivity contribution >= 4 is 26.3 Å². The molecule has 1 aromatic rings. The molecule has 19 heavy (non-hydrogen) atoms. The van der Waals surface area contributed by atoms with Crippen molar-refractivity contribution in [3.8, 4) is 0 Å². The molecule has 1 aliphatic rings. The van der Waals surface area contributed by atoms with Crippen molar-refractivity contribution in [3.63, 3.8) is 0 Å². The van der Waals surface area contributed by atoms with Crippen molar-refractivity contribution in [1.29, 1.82) is 0 Å². The Hall–Kier alpha value is -0.660. The third-order valence-electron chi connectivity index (χ3n) is 3.50. The number of nitrogens with zero attached hydrogens (tertiary/aromatic N) is 2. The van der Waals surface area contributed by atoms with Gasteiger partial charge in [0.25, 0.3) is 0 Å². The van der Waals surface area contributed by atoms with Crippen LogP contribution in [-0.4, -0.2) is 45.0 Å². The number of hydrogen-bond donors (Lipinski definition) is 1. The van der Waals surface area contributed by atoms with Crippen LogP contribution in [0.2, 0.25) is 0 Å². The predicted molar refractivity (Wildman–Crippen MR) is 79.7 cm³/mol. The highest BCUT2D eigenvalue weighted by Gasteiger charge is 2.32. The standard InChI is InChI=1S/C12H21N3O2S2/c1-4-10-11(7-13-2)18-12(14-10)15(3)9-5-6-19(16,17)8-9/h9,13H,4-8H2,1-3H3. The zero-order chi connectivity index (χ0) is 14.0. The zero-order valence-corrected chi connectivity index (χ0v) is 13.3. The lowest BCUT2D eigenvalue weighted by Gasteiger charge is -2.22. The second-order valence-corrected chi connectivity index (χ2v) is 8.21. The Morgan fingerprint density at radius 3 is 2.79 bits per heavy atom. The Kier molecular flexibility index (Phi) is 4.47. The zero-order valence-electron chi connectivity index (χ0n) is 11.6. The monoisotopic (exact) mass is 303 g/mol. The quantitative estimate of drug-likeness (QED) is 0.881. The van der Waals surface area contributed by atoms with Crippen molar-refractivity contribution in [2.24, 2.45) is 0 Å². The summed E-state index contributed by atoms with van der Waals surface area (Å²) in [5.41, 5.74) is 1.11. The second-order valence-electron chi connectivity index (χ2n) is 4.92. The maximum Gasteiger partial charge on any atom is 0.185 e. The predicted octanol–water partition coefficient (Wildman–Crippen LogP) is 1.05. The van der Waals surface area contributed by atoms with Gasteiger partial charge in [-0.2, -0.15) is 0 Å². The summed E-state index contributed by atoms with van der Waals surface area (Å²) in [7, 11) is 1.03. The molecule has 5 nitrogen and oxygen atoms in total. The van der Waals surface area contributed by atoms with E-state index in [-0.39, 0.29) is 11.8 Å². The topological polar surface area (TPSA) is 62.3 Å². The Morgan fingerprint density at radius 2 is 2.26 bits per heavy atom. The molecule has 1 aliphatic heterocycles. The van der Waals surface area contributed by atoms with Crippen molar-refractivity contribution in [2.75, 3.05) is 30.5 Å². The first-order chi connectivity index (χ1) is 8.96. The average Bonchev–Trinajstić information content (AvgIpc) is 2.92. The third kappa shape index (κ3) is 3.27. The van der Waals surface area contributed by atoms with Gasteiger partial charge in [0, 0.05) is 24.5 Å². The third-order valence-corrected chi connectivity index (χ3v) is 6.44. The van der Waals surface area contributed by atoms with E-state index >= 15 is 0 Å². The van der Waals surface area contributed by atoms with E-state index in [1.807, 2.05) is 19.0 Å². The van der Waals surface area contributed by atoms with Gasteiger partial charge in [-0.05, 0) is 19.9 Å². The molecule has 0 aromatic carbocycles. The lowest BCUT2D eigenvalue weighted by molar-refractivity contribution is 0.601. The molecule has 0 radical (unpaired) electrons. The highest BCUT2D eigenvalue weighted by molar-refractivity contribution is 7.91. The van der Waals surface area contributed by atoms with Crippen LogP contribution in [-0.2, 0) is 22.8 Å². The van der Waals surface area contributed by atoms with Crippen LogP contribution in [0.1, 0.15) is 23.9 Å². The van der Waals surface area contributed by atoms with Crippen molar-refractivity contribution in [2.45, 2.75) is 32.4 Å². The minimum atomic E-state index is -2.84.